The van der Waals surface area contributed by atoms with E-state index in [1.807, 2.05) is 96.9 Å². The van der Waals surface area contributed by atoms with E-state index in [0.717, 1.165) is 22.6 Å². The minimum absolute atomic E-state index is 0.188. The van der Waals surface area contributed by atoms with Crippen LogP contribution < -0.4 is 10.2 Å². The molecule has 0 aromatic heterocycles. The van der Waals surface area contributed by atoms with Crippen LogP contribution in [0.4, 0.5) is 21.9 Å². The molecular weight excluding hydrogens is 402 g/mol. The molecule has 0 radical (unpaired) electrons. The lowest BCUT2D eigenvalue weighted by atomic mass is 10.0. The quantitative estimate of drug-likeness (QED) is 0.588. The largest absolute Gasteiger partial charge is 0.388 e. The van der Waals surface area contributed by atoms with Crippen LogP contribution in [0.25, 0.3) is 0 Å². The van der Waals surface area contributed by atoms with Crippen molar-refractivity contribution >= 4 is 23.1 Å². The molecule has 2 N–H and O–H groups in total. The van der Waals surface area contributed by atoms with E-state index in [-0.39, 0.29) is 12.1 Å². The molecule has 1 aliphatic heterocycles. The Labute approximate surface area is 189 Å². The lowest BCUT2D eigenvalue weighted by molar-refractivity contribution is -0.00427. The predicted molar refractivity (Wildman–Crippen MR) is 127 cm³/mol. The van der Waals surface area contributed by atoms with E-state index in [1.165, 1.54) is 0 Å². The van der Waals surface area contributed by atoms with Gasteiger partial charge in [-0.05, 0) is 29.8 Å². The fourth-order valence-corrected chi connectivity index (χ4v) is 4.04. The number of carbonyl (C=O) groups excluding carboxylic acids is 1. The molecule has 0 aliphatic carbocycles. The highest BCUT2D eigenvalue weighted by atomic mass is 16.5. The molecule has 0 spiro atoms. The predicted octanol–water partition coefficient (Wildman–Crippen LogP) is 4.81. The zero-order chi connectivity index (χ0) is 22.3. The summed E-state index contributed by atoms with van der Waals surface area (Å²) in [5.41, 5.74) is 3.51. The molecule has 2 atom stereocenters. The fraction of sp³-hybridized carbons (Fsp3) is 0.269. The van der Waals surface area contributed by atoms with Crippen molar-refractivity contribution in [1.29, 1.82) is 0 Å². The van der Waals surface area contributed by atoms with Crippen LogP contribution in [0.2, 0.25) is 0 Å². The molecule has 2 amide bonds. The molecule has 1 aliphatic rings. The summed E-state index contributed by atoms with van der Waals surface area (Å²) in [4.78, 5) is 17.1. The Morgan fingerprint density at radius 1 is 1.06 bits per heavy atom. The Kier molecular flexibility index (Phi) is 7.04. The van der Waals surface area contributed by atoms with Gasteiger partial charge in [-0.2, -0.15) is 0 Å². The molecule has 3 aromatic rings. The highest BCUT2D eigenvalue weighted by Crippen LogP contribution is 2.31. The molecule has 1 heterocycles. The maximum atomic E-state index is 13.3. The van der Waals surface area contributed by atoms with E-state index in [4.69, 9.17) is 4.74 Å². The first-order chi connectivity index (χ1) is 15.6. The van der Waals surface area contributed by atoms with Gasteiger partial charge in [0.1, 0.15) is 0 Å². The van der Waals surface area contributed by atoms with Crippen LogP contribution in [0.3, 0.4) is 0 Å². The number of nitrogens with zero attached hydrogens (tertiary/aromatic N) is 2. The number of aliphatic hydroxyl groups excluding tert-OH is 1. The van der Waals surface area contributed by atoms with Crippen molar-refractivity contribution in [3.8, 4) is 0 Å². The molecule has 6 nitrogen and oxygen atoms in total. The number of benzene rings is 3. The lowest BCUT2D eigenvalue weighted by Crippen LogP contribution is -2.51. The third-order valence-electron chi connectivity index (χ3n) is 5.82. The summed E-state index contributed by atoms with van der Waals surface area (Å²) in [6.45, 7) is 1.37. The second-order valence-corrected chi connectivity index (χ2v) is 7.93. The number of rotatable bonds is 6. The van der Waals surface area contributed by atoms with E-state index >= 15 is 0 Å². The van der Waals surface area contributed by atoms with Crippen molar-refractivity contribution in [1.82, 2.24) is 4.90 Å². The maximum absolute atomic E-state index is 13.3. The third-order valence-corrected chi connectivity index (χ3v) is 5.82. The first-order valence-corrected chi connectivity index (χ1v) is 10.9. The van der Waals surface area contributed by atoms with Crippen LogP contribution in [0.15, 0.2) is 84.9 Å². The average molecular weight is 432 g/mol. The molecule has 0 bridgehead atoms. The topological polar surface area (TPSA) is 65.0 Å². The molecule has 166 valence electrons. The number of hydrogen-bond donors (Lipinski definition) is 2. The first kappa shape index (κ1) is 21.9. The van der Waals surface area contributed by atoms with Crippen molar-refractivity contribution in [3.05, 3.63) is 90.5 Å². The minimum atomic E-state index is -0.658. The van der Waals surface area contributed by atoms with Gasteiger partial charge in [-0.15, -0.1) is 0 Å². The summed E-state index contributed by atoms with van der Waals surface area (Å²) in [6.07, 6.45) is -0.238. The third kappa shape index (κ3) is 5.10. The number of nitrogens with one attached hydrogen (secondary N) is 1. The fourth-order valence-electron chi connectivity index (χ4n) is 4.04. The molecule has 1 fully saturated rings. The zero-order valence-corrected chi connectivity index (χ0v) is 18.2. The Morgan fingerprint density at radius 2 is 1.72 bits per heavy atom. The van der Waals surface area contributed by atoms with E-state index in [2.05, 4.69) is 5.32 Å². The molecule has 3 aromatic carbocycles. The second-order valence-electron chi connectivity index (χ2n) is 7.93. The van der Waals surface area contributed by atoms with Gasteiger partial charge < -0.3 is 25.0 Å². The number of amides is 2. The number of ether oxygens (including phenoxy) is 1. The van der Waals surface area contributed by atoms with Crippen molar-refractivity contribution in [2.24, 2.45) is 0 Å². The van der Waals surface area contributed by atoms with Gasteiger partial charge in [0.05, 0.1) is 36.7 Å². The van der Waals surface area contributed by atoms with Crippen LogP contribution in [0, 0.1) is 0 Å². The monoisotopic (exact) mass is 431 g/mol. The smallest absolute Gasteiger partial charge is 0.322 e. The van der Waals surface area contributed by atoms with Crippen molar-refractivity contribution in [2.75, 3.05) is 37.0 Å². The Bertz CT molecular complexity index is 1010. The highest BCUT2D eigenvalue weighted by molar-refractivity contribution is 5.94. The van der Waals surface area contributed by atoms with Gasteiger partial charge in [0.15, 0.2) is 0 Å². The molecule has 6 heteroatoms. The van der Waals surface area contributed by atoms with E-state index < -0.39 is 6.10 Å². The number of anilines is 3. The van der Waals surface area contributed by atoms with Crippen molar-refractivity contribution < 1.29 is 14.6 Å². The molecule has 0 saturated carbocycles. The number of urea groups is 1. The summed E-state index contributed by atoms with van der Waals surface area (Å²) >= 11 is 0. The second kappa shape index (κ2) is 10.3. The number of para-hydroxylation sites is 3. The van der Waals surface area contributed by atoms with Gasteiger partial charge in [-0.1, -0.05) is 60.7 Å². The average Bonchev–Trinajstić information content (AvgIpc) is 2.85. The summed E-state index contributed by atoms with van der Waals surface area (Å²) in [5, 5.41) is 13.8. The highest BCUT2D eigenvalue weighted by Gasteiger charge is 2.30. The van der Waals surface area contributed by atoms with Crippen molar-refractivity contribution in [2.45, 2.75) is 18.6 Å². The maximum Gasteiger partial charge on any atom is 0.322 e. The SMILES string of the molecule is CN(c1ccccc1)c1ccccc1NC(=O)N1CCOC[C@@H]1C[C@H](O)c1ccccc1. The summed E-state index contributed by atoms with van der Waals surface area (Å²) in [5.74, 6) is 0. The van der Waals surface area contributed by atoms with Gasteiger partial charge in [-0.3, -0.25) is 0 Å². The van der Waals surface area contributed by atoms with Gasteiger partial charge in [0.2, 0.25) is 0 Å². The van der Waals surface area contributed by atoms with Crippen molar-refractivity contribution in [3.63, 3.8) is 0 Å². The molecular formula is C26H29N3O3. The van der Waals surface area contributed by atoms with Gasteiger partial charge in [0, 0.05) is 25.7 Å². The number of hydrogen-bond acceptors (Lipinski definition) is 4. The first-order valence-electron chi connectivity index (χ1n) is 10.9. The Balaban J connectivity index is 1.49. The van der Waals surface area contributed by atoms with E-state index in [0.29, 0.717) is 26.2 Å². The normalized spacial score (nSPS) is 16.9. The molecule has 0 unspecified atom stereocenters. The standard InChI is InChI=1S/C26H29N3O3/c1-28(21-12-6-3-7-13-21)24-15-9-8-14-23(24)27-26(31)29-16-17-32-19-22(29)18-25(30)20-10-4-2-5-11-20/h2-15,22,25,30H,16-19H2,1H3,(H,27,31)/t22-,25-/m0/s1. The van der Waals surface area contributed by atoms with Crippen LogP contribution in [0.1, 0.15) is 18.1 Å². The van der Waals surface area contributed by atoms with Crippen LogP contribution in [-0.4, -0.2) is 48.9 Å². The lowest BCUT2D eigenvalue weighted by Gasteiger charge is -2.37. The van der Waals surface area contributed by atoms with Crippen LogP contribution in [0.5, 0.6) is 0 Å². The zero-order valence-electron chi connectivity index (χ0n) is 18.2. The number of carbonyl (C=O) groups is 1. The summed E-state index contributed by atoms with van der Waals surface area (Å²) < 4.78 is 5.63. The van der Waals surface area contributed by atoms with Gasteiger partial charge in [-0.25, -0.2) is 4.79 Å². The Morgan fingerprint density at radius 3 is 2.47 bits per heavy atom. The molecule has 1 saturated heterocycles. The van der Waals surface area contributed by atoms with Gasteiger partial charge >= 0.3 is 6.03 Å². The van der Waals surface area contributed by atoms with E-state index in [9.17, 15) is 9.90 Å². The van der Waals surface area contributed by atoms with Gasteiger partial charge in [0.25, 0.3) is 0 Å². The van der Waals surface area contributed by atoms with Crippen LogP contribution >= 0.6 is 0 Å². The van der Waals surface area contributed by atoms with Crippen LogP contribution in [-0.2, 0) is 4.74 Å². The number of morpholine rings is 1. The minimum Gasteiger partial charge on any atom is -0.388 e. The molecule has 32 heavy (non-hydrogen) atoms. The summed E-state index contributed by atoms with van der Waals surface area (Å²) in [7, 11) is 1.98. The number of aliphatic hydroxyl groups is 1. The molecule has 4 rings (SSSR count). The van der Waals surface area contributed by atoms with E-state index in [1.54, 1.807) is 4.90 Å². The summed E-state index contributed by atoms with van der Waals surface area (Å²) in [6, 6.07) is 26.9. The Hall–Kier alpha value is -3.35.